The van der Waals surface area contributed by atoms with Crippen LogP contribution >= 0.6 is 0 Å². The molecule has 2 aromatic carbocycles. The highest BCUT2D eigenvalue weighted by atomic mass is 19.1. The lowest BCUT2D eigenvalue weighted by Gasteiger charge is -2.32. The molecule has 25 heavy (non-hydrogen) atoms. The molecule has 1 fully saturated rings. The predicted octanol–water partition coefficient (Wildman–Crippen LogP) is 3.63. The van der Waals surface area contributed by atoms with E-state index in [1.165, 1.54) is 17.2 Å². The van der Waals surface area contributed by atoms with Gasteiger partial charge < -0.3 is 5.32 Å². The van der Waals surface area contributed by atoms with Crippen LogP contribution < -0.4 is 5.32 Å². The zero-order chi connectivity index (χ0) is 17.6. The minimum atomic E-state index is -0.278. The Morgan fingerprint density at radius 1 is 1.24 bits per heavy atom. The minimum absolute atomic E-state index is 0.0480. The van der Waals surface area contributed by atoms with Gasteiger partial charge in [-0.15, -0.1) is 0 Å². The maximum absolute atomic E-state index is 13.6. The van der Waals surface area contributed by atoms with Crippen molar-refractivity contribution in [1.29, 1.82) is 0 Å². The number of likely N-dealkylation sites (tertiary alicyclic amines) is 1. The Kier molecular flexibility index (Phi) is 5.82. The molecule has 1 aliphatic rings. The smallest absolute Gasteiger partial charge is 0.234 e. The molecule has 1 atom stereocenters. The summed E-state index contributed by atoms with van der Waals surface area (Å²) in [6, 6.07) is 15.2. The van der Waals surface area contributed by atoms with Gasteiger partial charge in [0, 0.05) is 18.7 Å². The van der Waals surface area contributed by atoms with Gasteiger partial charge in [-0.05, 0) is 43.9 Å². The molecule has 1 heterocycles. The average molecular weight is 340 g/mol. The Morgan fingerprint density at radius 2 is 2.08 bits per heavy atom. The minimum Gasteiger partial charge on any atom is -0.351 e. The number of amides is 1. The van der Waals surface area contributed by atoms with Crippen molar-refractivity contribution >= 4 is 5.91 Å². The molecular weight excluding hydrogens is 315 g/mol. The molecule has 0 aliphatic carbocycles. The Labute approximate surface area is 148 Å². The molecule has 1 amide bonds. The van der Waals surface area contributed by atoms with E-state index in [1.807, 2.05) is 0 Å². The fourth-order valence-electron chi connectivity index (χ4n) is 3.49. The molecule has 1 N–H and O–H groups in total. The second-order valence-corrected chi connectivity index (χ2v) is 6.86. The van der Waals surface area contributed by atoms with E-state index in [0.717, 1.165) is 25.9 Å². The van der Waals surface area contributed by atoms with Gasteiger partial charge in [0.2, 0.25) is 5.91 Å². The second-order valence-electron chi connectivity index (χ2n) is 6.86. The van der Waals surface area contributed by atoms with Crippen molar-refractivity contribution in [3.05, 3.63) is 71.0 Å². The molecule has 3 nitrogen and oxygen atoms in total. The number of rotatable bonds is 5. The highest BCUT2D eigenvalue weighted by molar-refractivity contribution is 5.78. The zero-order valence-corrected chi connectivity index (χ0v) is 14.7. The topological polar surface area (TPSA) is 32.3 Å². The number of nitrogens with one attached hydrogen (secondary N) is 1. The van der Waals surface area contributed by atoms with Gasteiger partial charge in [0.05, 0.1) is 6.54 Å². The number of nitrogens with zero attached hydrogens (tertiary/aromatic N) is 1. The molecule has 1 aliphatic heterocycles. The summed E-state index contributed by atoms with van der Waals surface area (Å²) in [5.41, 5.74) is 3.15. The quantitative estimate of drug-likeness (QED) is 0.901. The van der Waals surface area contributed by atoms with Crippen LogP contribution in [-0.2, 0) is 11.3 Å². The lowest BCUT2D eigenvalue weighted by atomic mass is 9.90. The van der Waals surface area contributed by atoms with E-state index >= 15 is 0 Å². The van der Waals surface area contributed by atoms with E-state index in [2.05, 4.69) is 41.4 Å². The van der Waals surface area contributed by atoms with Gasteiger partial charge in [0.15, 0.2) is 0 Å². The standard InChI is InChI=1S/C21H25FN2O/c1-16-6-4-8-17(12-16)19-9-5-11-24(14-19)15-21(25)23-13-18-7-2-3-10-20(18)22/h2-4,6-8,10,12,19H,5,9,11,13-15H2,1H3,(H,23,25). The van der Waals surface area contributed by atoms with Crippen molar-refractivity contribution in [3.63, 3.8) is 0 Å². The molecule has 3 rings (SSSR count). The normalized spacial score (nSPS) is 18.1. The van der Waals surface area contributed by atoms with E-state index in [1.54, 1.807) is 18.2 Å². The molecule has 1 unspecified atom stereocenters. The van der Waals surface area contributed by atoms with Crippen LogP contribution in [0, 0.1) is 12.7 Å². The second kappa shape index (κ2) is 8.26. The SMILES string of the molecule is Cc1cccc(C2CCCN(CC(=O)NCc3ccccc3F)C2)c1. The van der Waals surface area contributed by atoms with Crippen molar-refractivity contribution in [3.8, 4) is 0 Å². The number of aryl methyl sites for hydroxylation is 1. The van der Waals surface area contributed by atoms with E-state index in [0.29, 0.717) is 18.0 Å². The predicted molar refractivity (Wildman–Crippen MR) is 97.8 cm³/mol. The van der Waals surface area contributed by atoms with Crippen molar-refractivity contribution < 1.29 is 9.18 Å². The van der Waals surface area contributed by atoms with Crippen molar-refractivity contribution in [1.82, 2.24) is 10.2 Å². The Balaban J connectivity index is 1.52. The maximum Gasteiger partial charge on any atom is 0.234 e. The zero-order valence-electron chi connectivity index (χ0n) is 14.7. The van der Waals surface area contributed by atoms with Gasteiger partial charge in [-0.25, -0.2) is 4.39 Å². The molecule has 0 radical (unpaired) electrons. The van der Waals surface area contributed by atoms with Crippen LogP contribution in [-0.4, -0.2) is 30.4 Å². The highest BCUT2D eigenvalue weighted by Crippen LogP contribution is 2.27. The molecule has 132 valence electrons. The van der Waals surface area contributed by atoms with Crippen LogP contribution in [0.3, 0.4) is 0 Å². The lowest BCUT2D eigenvalue weighted by molar-refractivity contribution is -0.122. The summed E-state index contributed by atoms with van der Waals surface area (Å²) in [7, 11) is 0. The fourth-order valence-corrected chi connectivity index (χ4v) is 3.49. The lowest BCUT2D eigenvalue weighted by Crippen LogP contribution is -2.41. The van der Waals surface area contributed by atoms with Gasteiger partial charge >= 0.3 is 0 Å². The first kappa shape index (κ1) is 17.6. The molecule has 0 bridgehead atoms. The van der Waals surface area contributed by atoms with E-state index in [4.69, 9.17) is 0 Å². The number of hydrogen-bond acceptors (Lipinski definition) is 2. The van der Waals surface area contributed by atoms with E-state index in [-0.39, 0.29) is 18.3 Å². The summed E-state index contributed by atoms with van der Waals surface area (Å²) in [6.45, 7) is 4.56. The number of benzene rings is 2. The fraction of sp³-hybridized carbons (Fsp3) is 0.381. The molecule has 4 heteroatoms. The molecule has 0 saturated carbocycles. The van der Waals surface area contributed by atoms with E-state index < -0.39 is 0 Å². The van der Waals surface area contributed by atoms with Crippen molar-refractivity contribution in [2.75, 3.05) is 19.6 Å². The third kappa shape index (κ3) is 4.89. The average Bonchev–Trinajstić information content (AvgIpc) is 2.61. The van der Waals surface area contributed by atoms with Gasteiger partial charge in [0.25, 0.3) is 0 Å². The van der Waals surface area contributed by atoms with Gasteiger partial charge in [-0.3, -0.25) is 9.69 Å². The summed E-state index contributed by atoms with van der Waals surface area (Å²) in [4.78, 5) is 14.4. The van der Waals surface area contributed by atoms with Crippen LogP contribution in [0.2, 0.25) is 0 Å². The van der Waals surface area contributed by atoms with Crippen molar-refractivity contribution in [2.45, 2.75) is 32.2 Å². The first-order chi connectivity index (χ1) is 12.1. The number of carbonyl (C=O) groups is 1. The Morgan fingerprint density at radius 3 is 2.88 bits per heavy atom. The summed E-state index contributed by atoms with van der Waals surface area (Å²) in [6.07, 6.45) is 2.26. The number of piperidine rings is 1. The molecular formula is C21H25FN2O. The summed E-state index contributed by atoms with van der Waals surface area (Å²) < 4.78 is 13.6. The number of carbonyl (C=O) groups excluding carboxylic acids is 1. The van der Waals surface area contributed by atoms with Gasteiger partial charge in [0.1, 0.15) is 5.82 Å². The summed E-state index contributed by atoms with van der Waals surface area (Å²) in [5.74, 6) is 0.154. The molecule has 0 aromatic heterocycles. The third-order valence-corrected chi connectivity index (χ3v) is 4.82. The Bertz CT molecular complexity index is 731. The van der Waals surface area contributed by atoms with Crippen molar-refractivity contribution in [2.24, 2.45) is 0 Å². The van der Waals surface area contributed by atoms with E-state index in [9.17, 15) is 9.18 Å². The Hall–Kier alpha value is -2.20. The first-order valence-electron chi connectivity index (χ1n) is 8.91. The first-order valence-corrected chi connectivity index (χ1v) is 8.91. The van der Waals surface area contributed by atoms with Gasteiger partial charge in [-0.2, -0.15) is 0 Å². The molecule has 2 aromatic rings. The van der Waals surface area contributed by atoms with Crippen LogP contribution in [0.25, 0.3) is 0 Å². The molecule has 1 saturated heterocycles. The maximum atomic E-state index is 13.6. The van der Waals surface area contributed by atoms with Crippen LogP contribution in [0.4, 0.5) is 4.39 Å². The van der Waals surface area contributed by atoms with Crippen LogP contribution in [0.5, 0.6) is 0 Å². The molecule has 0 spiro atoms. The number of halogens is 1. The summed E-state index contributed by atoms with van der Waals surface area (Å²) >= 11 is 0. The summed E-state index contributed by atoms with van der Waals surface area (Å²) in [5, 5.41) is 2.83. The highest BCUT2D eigenvalue weighted by Gasteiger charge is 2.22. The number of hydrogen-bond donors (Lipinski definition) is 1. The van der Waals surface area contributed by atoms with Crippen LogP contribution in [0.15, 0.2) is 48.5 Å². The third-order valence-electron chi connectivity index (χ3n) is 4.82. The van der Waals surface area contributed by atoms with Gasteiger partial charge in [-0.1, -0.05) is 48.0 Å². The monoisotopic (exact) mass is 340 g/mol. The largest absolute Gasteiger partial charge is 0.351 e. The van der Waals surface area contributed by atoms with Crippen LogP contribution in [0.1, 0.15) is 35.4 Å².